The van der Waals surface area contributed by atoms with Gasteiger partial charge in [0.1, 0.15) is 0 Å². The van der Waals surface area contributed by atoms with E-state index in [9.17, 15) is 8.78 Å². The van der Waals surface area contributed by atoms with Crippen LogP contribution in [0, 0.1) is 11.6 Å². The maximum absolute atomic E-state index is 13.5. The quantitative estimate of drug-likeness (QED) is 0.890. The van der Waals surface area contributed by atoms with Crippen molar-refractivity contribution in [3.8, 4) is 5.75 Å². The zero-order valence-electron chi connectivity index (χ0n) is 10.4. The Bertz CT molecular complexity index is 592. The highest BCUT2D eigenvalue weighted by atomic mass is 19.1. The summed E-state index contributed by atoms with van der Waals surface area (Å²) in [4.78, 5) is 7.65. The fraction of sp³-hybridized carbons (Fsp3) is 0.167. The second-order valence-corrected chi connectivity index (χ2v) is 3.61. The van der Waals surface area contributed by atoms with Gasteiger partial charge in [0.2, 0.25) is 5.95 Å². The number of ether oxygens (including phenoxy) is 1. The normalized spacial score (nSPS) is 10.1. The molecule has 100 valence electrons. The zero-order valence-corrected chi connectivity index (χ0v) is 10.4. The van der Waals surface area contributed by atoms with Gasteiger partial charge in [0.25, 0.3) is 0 Å². The average molecular weight is 266 g/mol. The Hall–Kier alpha value is -2.44. The van der Waals surface area contributed by atoms with E-state index in [1.807, 2.05) is 0 Å². The van der Waals surface area contributed by atoms with Crippen molar-refractivity contribution in [3.05, 3.63) is 36.0 Å². The van der Waals surface area contributed by atoms with Crippen molar-refractivity contribution in [2.75, 3.05) is 24.8 Å². The van der Waals surface area contributed by atoms with E-state index in [0.717, 1.165) is 6.20 Å². The number of halogens is 2. The molecule has 2 rings (SSSR count). The number of nitrogens with zero attached hydrogens (tertiary/aromatic N) is 2. The molecule has 2 N–H and O–H groups in total. The fourth-order valence-corrected chi connectivity index (χ4v) is 1.45. The minimum Gasteiger partial charge on any atom is -0.494 e. The summed E-state index contributed by atoms with van der Waals surface area (Å²) in [7, 11) is 2.98. The molecule has 2 aromatic rings. The van der Waals surface area contributed by atoms with Crippen molar-refractivity contribution in [1.29, 1.82) is 0 Å². The molecule has 0 amide bonds. The lowest BCUT2D eigenvalue weighted by molar-refractivity contribution is 0.387. The summed E-state index contributed by atoms with van der Waals surface area (Å²) in [6, 6.07) is 4.09. The Morgan fingerprint density at radius 3 is 2.68 bits per heavy atom. The van der Waals surface area contributed by atoms with Crippen molar-refractivity contribution in [2.24, 2.45) is 0 Å². The molecule has 5 nitrogen and oxygen atoms in total. The molecule has 19 heavy (non-hydrogen) atoms. The number of rotatable bonds is 4. The molecular formula is C12H12F2N4O. The predicted octanol–water partition coefficient (Wildman–Crippen LogP) is 2.55. The van der Waals surface area contributed by atoms with E-state index in [0.29, 0.717) is 5.69 Å². The number of methoxy groups -OCH3 is 1. The van der Waals surface area contributed by atoms with Crippen LogP contribution < -0.4 is 15.4 Å². The van der Waals surface area contributed by atoms with Gasteiger partial charge < -0.3 is 15.4 Å². The maximum atomic E-state index is 13.5. The maximum Gasteiger partial charge on any atom is 0.224 e. The third-order valence-corrected chi connectivity index (χ3v) is 2.38. The smallest absolute Gasteiger partial charge is 0.224 e. The van der Waals surface area contributed by atoms with E-state index in [1.54, 1.807) is 7.05 Å². The number of hydrogen-bond donors (Lipinski definition) is 2. The number of anilines is 3. The van der Waals surface area contributed by atoms with E-state index >= 15 is 0 Å². The Balaban J connectivity index is 2.30. The highest BCUT2D eigenvalue weighted by molar-refractivity contribution is 5.59. The lowest BCUT2D eigenvalue weighted by atomic mass is 10.3. The molecule has 0 atom stereocenters. The van der Waals surface area contributed by atoms with Crippen LogP contribution in [0.25, 0.3) is 0 Å². The van der Waals surface area contributed by atoms with Crippen LogP contribution in [0.3, 0.4) is 0 Å². The summed E-state index contributed by atoms with van der Waals surface area (Å²) in [5.74, 6) is -0.770. The number of hydrogen-bond acceptors (Lipinski definition) is 5. The van der Waals surface area contributed by atoms with Gasteiger partial charge in [0.15, 0.2) is 23.2 Å². The molecule has 1 heterocycles. The molecule has 0 spiro atoms. The molecule has 0 saturated heterocycles. The largest absolute Gasteiger partial charge is 0.494 e. The molecule has 0 aliphatic heterocycles. The zero-order chi connectivity index (χ0) is 13.8. The van der Waals surface area contributed by atoms with Crippen LogP contribution in [-0.2, 0) is 0 Å². The Labute approximate surface area is 108 Å². The number of nitrogens with one attached hydrogen (secondary N) is 2. The van der Waals surface area contributed by atoms with E-state index < -0.39 is 11.6 Å². The monoisotopic (exact) mass is 266 g/mol. The first kappa shape index (κ1) is 13.0. The lowest BCUT2D eigenvalue weighted by Crippen LogP contribution is -2.03. The van der Waals surface area contributed by atoms with Gasteiger partial charge in [0, 0.05) is 18.8 Å². The van der Waals surface area contributed by atoms with Crippen molar-refractivity contribution in [2.45, 2.75) is 0 Å². The molecule has 0 aliphatic carbocycles. The molecule has 0 radical (unpaired) electrons. The van der Waals surface area contributed by atoms with Gasteiger partial charge in [-0.1, -0.05) is 0 Å². The summed E-state index contributed by atoms with van der Waals surface area (Å²) in [5.41, 5.74) is 0.456. The molecule has 0 unspecified atom stereocenters. The van der Waals surface area contributed by atoms with E-state index in [2.05, 4.69) is 20.6 Å². The second-order valence-electron chi connectivity index (χ2n) is 3.61. The highest BCUT2D eigenvalue weighted by Gasteiger charge is 2.09. The van der Waals surface area contributed by atoms with Crippen LogP contribution in [0.4, 0.5) is 26.2 Å². The van der Waals surface area contributed by atoms with Gasteiger partial charge in [-0.2, -0.15) is 4.98 Å². The van der Waals surface area contributed by atoms with Crippen molar-refractivity contribution in [3.63, 3.8) is 0 Å². The second kappa shape index (κ2) is 5.47. The highest BCUT2D eigenvalue weighted by Crippen LogP contribution is 2.24. The van der Waals surface area contributed by atoms with Gasteiger partial charge >= 0.3 is 0 Å². The van der Waals surface area contributed by atoms with Crippen LogP contribution >= 0.6 is 0 Å². The van der Waals surface area contributed by atoms with Gasteiger partial charge in [-0.3, -0.25) is 0 Å². The van der Waals surface area contributed by atoms with Crippen LogP contribution in [-0.4, -0.2) is 24.1 Å². The summed E-state index contributed by atoms with van der Waals surface area (Å²) in [6.45, 7) is 0. The summed E-state index contributed by atoms with van der Waals surface area (Å²) in [5, 5.41) is 5.43. The summed E-state index contributed by atoms with van der Waals surface area (Å²) >= 11 is 0. The molecule has 1 aromatic carbocycles. The third kappa shape index (κ3) is 2.87. The molecule has 0 bridgehead atoms. The first-order chi connectivity index (χ1) is 9.13. The lowest BCUT2D eigenvalue weighted by Gasteiger charge is -2.09. The van der Waals surface area contributed by atoms with Gasteiger partial charge in [0.05, 0.1) is 13.3 Å². The molecule has 1 aromatic heterocycles. The molecule has 7 heteroatoms. The van der Waals surface area contributed by atoms with E-state index in [1.165, 1.54) is 25.3 Å². The van der Waals surface area contributed by atoms with Crippen LogP contribution in [0.5, 0.6) is 5.75 Å². The molecule has 0 saturated carbocycles. The first-order valence-electron chi connectivity index (χ1n) is 5.45. The SMILES string of the molecule is CNc1ncc(F)c(Nc2ccc(F)c(OC)c2)n1. The van der Waals surface area contributed by atoms with E-state index in [4.69, 9.17) is 4.74 Å². The first-order valence-corrected chi connectivity index (χ1v) is 5.45. The Morgan fingerprint density at radius 2 is 2.00 bits per heavy atom. The van der Waals surface area contributed by atoms with Crippen molar-refractivity contribution in [1.82, 2.24) is 9.97 Å². The van der Waals surface area contributed by atoms with Crippen molar-refractivity contribution < 1.29 is 13.5 Å². The third-order valence-electron chi connectivity index (χ3n) is 2.38. The summed E-state index contributed by atoms with van der Waals surface area (Å²) < 4.78 is 31.6. The predicted molar refractivity (Wildman–Crippen MR) is 67.8 cm³/mol. The van der Waals surface area contributed by atoms with Gasteiger partial charge in [-0.05, 0) is 12.1 Å². The minimum atomic E-state index is -0.609. The minimum absolute atomic E-state index is 0.00647. The Kier molecular flexibility index (Phi) is 3.74. The van der Waals surface area contributed by atoms with Crippen LogP contribution in [0.1, 0.15) is 0 Å². The van der Waals surface area contributed by atoms with Crippen LogP contribution in [0.15, 0.2) is 24.4 Å². The van der Waals surface area contributed by atoms with E-state index in [-0.39, 0.29) is 17.5 Å². The van der Waals surface area contributed by atoms with Crippen LogP contribution in [0.2, 0.25) is 0 Å². The number of benzene rings is 1. The average Bonchev–Trinajstić information content (AvgIpc) is 2.43. The molecular weight excluding hydrogens is 254 g/mol. The van der Waals surface area contributed by atoms with Gasteiger partial charge in [-0.25, -0.2) is 13.8 Å². The number of aromatic nitrogens is 2. The standard InChI is InChI=1S/C12H12F2N4O/c1-15-12-16-6-9(14)11(18-12)17-7-3-4-8(13)10(5-7)19-2/h3-6H,1-2H3,(H2,15,16,17,18). The topological polar surface area (TPSA) is 59.1 Å². The molecule has 0 fully saturated rings. The Morgan fingerprint density at radius 1 is 1.21 bits per heavy atom. The summed E-state index contributed by atoms with van der Waals surface area (Å²) in [6.07, 6.45) is 1.04. The molecule has 0 aliphatic rings. The van der Waals surface area contributed by atoms with Crippen molar-refractivity contribution >= 4 is 17.5 Å². The fourth-order valence-electron chi connectivity index (χ4n) is 1.45. The van der Waals surface area contributed by atoms with Gasteiger partial charge in [-0.15, -0.1) is 0 Å².